The molecule has 0 radical (unpaired) electrons. The Labute approximate surface area is 204 Å². The smallest absolute Gasteiger partial charge is 0.264 e. The number of hydrogen-bond donors (Lipinski definition) is 1. The van der Waals surface area contributed by atoms with Crippen LogP contribution in [-0.4, -0.2) is 34.0 Å². The molecule has 0 atom stereocenters. The molecule has 180 valence electrons. The maximum Gasteiger partial charge on any atom is 0.264 e. The first-order chi connectivity index (χ1) is 16.3. The zero-order chi connectivity index (χ0) is 24.6. The van der Waals surface area contributed by atoms with E-state index in [1.807, 2.05) is 0 Å². The Morgan fingerprint density at radius 2 is 1.71 bits per heavy atom. The second kappa shape index (κ2) is 11.9. The van der Waals surface area contributed by atoms with Crippen LogP contribution in [-0.2, 0) is 21.2 Å². The van der Waals surface area contributed by atoms with Crippen LogP contribution in [0.5, 0.6) is 5.75 Å². The van der Waals surface area contributed by atoms with Crippen LogP contribution < -0.4 is 14.4 Å². The van der Waals surface area contributed by atoms with E-state index in [1.165, 1.54) is 36.4 Å². The summed E-state index contributed by atoms with van der Waals surface area (Å²) in [6, 6.07) is 18.6. The van der Waals surface area contributed by atoms with Crippen molar-refractivity contribution in [3.63, 3.8) is 0 Å². The molecule has 1 N–H and O–H groups in total. The highest BCUT2D eigenvalue weighted by atomic mass is 35.5. The molecule has 1 amide bonds. The van der Waals surface area contributed by atoms with Crippen molar-refractivity contribution in [3.8, 4) is 5.75 Å². The van der Waals surface area contributed by atoms with E-state index in [0.717, 1.165) is 9.87 Å². The maximum atomic E-state index is 13.5. The summed E-state index contributed by atoms with van der Waals surface area (Å²) in [5, 5.41) is 3.17. The molecule has 3 aromatic carbocycles. The van der Waals surface area contributed by atoms with Crippen LogP contribution in [0.25, 0.3) is 0 Å². The summed E-state index contributed by atoms with van der Waals surface area (Å²) >= 11 is 5.92. The van der Waals surface area contributed by atoms with Crippen molar-refractivity contribution in [1.82, 2.24) is 5.32 Å². The molecule has 9 heteroatoms. The summed E-state index contributed by atoms with van der Waals surface area (Å²) < 4.78 is 46.7. The van der Waals surface area contributed by atoms with Crippen molar-refractivity contribution in [2.75, 3.05) is 24.0 Å². The number of hydrogen-bond acceptors (Lipinski definition) is 4. The first kappa shape index (κ1) is 25.5. The first-order valence-corrected chi connectivity index (χ1v) is 12.6. The highest BCUT2D eigenvalue weighted by Crippen LogP contribution is 2.32. The molecule has 0 heterocycles. The summed E-state index contributed by atoms with van der Waals surface area (Å²) in [6.45, 7) is 2.05. The number of aryl methyl sites for hydroxylation is 1. The van der Waals surface area contributed by atoms with Crippen LogP contribution in [0, 0.1) is 5.82 Å². The molecule has 0 aliphatic carbocycles. The molecule has 0 aliphatic heterocycles. The molecule has 0 unspecified atom stereocenters. The normalized spacial score (nSPS) is 11.1. The Bertz CT molecular complexity index is 1200. The largest absolute Gasteiger partial charge is 0.492 e. The molecule has 0 saturated carbocycles. The molecule has 0 aromatic heterocycles. The standard InChI is InChI=1S/C25H26ClFN2O4S/c1-2-33-24-8-4-3-7-23(24)29(34(31,32)22-15-11-20(26)12-16-22)18-25(30)28-17-5-6-19-9-13-21(27)14-10-19/h3-4,7-16H,2,5-6,17-18H2,1H3,(H,28,30). The van der Waals surface area contributed by atoms with Crippen LogP contribution in [0.3, 0.4) is 0 Å². The molecule has 0 bridgehead atoms. The van der Waals surface area contributed by atoms with E-state index in [9.17, 15) is 17.6 Å². The van der Waals surface area contributed by atoms with Crippen LogP contribution >= 0.6 is 11.6 Å². The number of anilines is 1. The van der Waals surface area contributed by atoms with Crippen molar-refractivity contribution >= 4 is 33.2 Å². The number of carbonyl (C=O) groups is 1. The van der Waals surface area contributed by atoms with Gasteiger partial charge in [0.2, 0.25) is 5.91 Å². The van der Waals surface area contributed by atoms with Gasteiger partial charge >= 0.3 is 0 Å². The molecular formula is C25H26ClFN2O4S. The van der Waals surface area contributed by atoms with E-state index < -0.39 is 22.5 Å². The number of para-hydroxylation sites is 2. The number of halogens is 2. The molecule has 6 nitrogen and oxygen atoms in total. The first-order valence-electron chi connectivity index (χ1n) is 10.8. The van der Waals surface area contributed by atoms with Crippen LogP contribution in [0.1, 0.15) is 18.9 Å². The Morgan fingerprint density at radius 3 is 2.38 bits per heavy atom. The molecule has 3 aromatic rings. The fraction of sp³-hybridized carbons (Fsp3) is 0.240. The maximum absolute atomic E-state index is 13.5. The number of nitrogens with zero attached hydrogens (tertiary/aromatic N) is 1. The second-order valence-corrected chi connectivity index (χ2v) is 9.75. The van der Waals surface area contributed by atoms with E-state index in [4.69, 9.17) is 16.3 Å². The third kappa shape index (κ3) is 6.71. The van der Waals surface area contributed by atoms with E-state index in [-0.39, 0.29) is 16.4 Å². The van der Waals surface area contributed by atoms with Gasteiger partial charge in [0.05, 0.1) is 17.2 Å². The average Bonchev–Trinajstić information content (AvgIpc) is 2.82. The van der Waals surface area contributed by atoms with Gasteiger partial charge < -0.3 is 10.1 Å². The van der Waals surface area contributed by atoms with Gasteiger partial charge in [-0.2, -0.15) is 0 Å². The number of nitrogens with one attached hydrogen (secondary N) is 1. The van der Waals surface area contributed by atoms with Crippen molar-refractivity contribution in [2.24, 2.45) is 0 Å². The van der Waals surface area contributed by atoms with Gasteiger partial charge in [-0.1, -0.05) is 35.9 Å². The molecule has 0 fully saturated rings. The number of benzene rings is 3. The minimum Gasteiger partial charge on any atom is -0.492 e. The zero-order valence-electron chi connectivity index (χ0n) is 18.7. The SMILES string of the molecule is CCOc1ccccc1N(CC(=O)NCCCc1ccc(F)cc1)S(=O)(=O)c1ccc(Cl)cc1. The number of ether oxygens (including phenoxy) is 1. The van der Waals surface area contributed by atoms with Crippen LogP contribution in [0.4, 0.5) is 10.1 Å². The number of rotatable bonds is 11. The fourth-order valence-electron chi connectivity index (χ4n) is 3.33. The van der Waals surface area contributed by atoms with Crippen LogP contribution in [0.15, 0.2) is 77.7 Å². The van der Waals surface area contributed by atoms with Gasteiger partial charge in [-0.05, 0) is 73.9 Å². The number of sulfonamides is 1. The molecule has 0 spiro atoms. The lowest BCUT2D eigenvalue weighted by molar-refractivity contribution is -0.119. The van der Waals surface area contributed by atoms with E-state index >= 15 is 0 Å². The van der Waals surface area contributed by atoms with E-state index in [2.05, 4.69) is 5.32 Å². The van der Waals surface area contributed by atoms with E-state index in [1.54, 1.807) is 43.3 Å². The molecule has 3 rings (SSSR count). The van der Waals surface area contributed by atoms with Gasteiger partial charge in [0.1, 0.15) is 18.1 Å². The van der Waals surface area contributed by atoms with E-state index in [0.29, 0.717) is 36.8 Å². The lowest BCUT2D eigenvalue weighted by atomic mass is 10.1. The third-order valence-electron chi connectivity index (χ3n) is 5.00. The number of amides is 1. The fourth-order valence-corrected chi connectivity index (χ4v) is 4.89. The lowest BCUT2D eigenvalue weighted by Crippen LogP contribution is -2.41. The molecule has 0 aliphatic rings. The minimum atomic E-state index is -4.09. The van der Waals surface area contributed by atoms with Gasteiger partial charge in [0.25, 0.3) is 10.0 Å². The van der Waals surface area contributed by atoms with Gasteiger partial charge in [-0.25, -0.2) is 12.8 Å². The summed E-state index contributed by atoms with van der Waals surface area (Å²) in [5.41, 5.74) is 1.22. The predicted octanol–water partition coefficient (Wildman–Crippen LogP) is 4.82. The molecule has 0 saturated heterocycles. The van der Waals surface area contributed by atoms with Gasteiger partial charge in [-0.15, -0.1) is 0 Å². The molecular weight excluding hydrogens is 479 g/mol. The summed E-state index contributed by atoms with van der Waals surface area (Å²) in [4.78, 5) is 12.8. The van der Waals surface area contributed by atoms with Crippen molar-refractivity contribution in [3.05, 3.63) is 89.2 Å². The topological polar surface area (TPSA) is 75.7 Å². The highest BCUT2D eigenvalue weighted by Gasteiger charge is 2.29. The second-order valence-electron chi connectivity index (χ2n) is 7.45. The average molecular weight is 505 g/mol. The van der Waals surface area contributed by atoms with Gasteiger partial charge in [0.15, 0.2) is 0 Å². The van der Waals surface area contributed by atoms with Crippen molar-refractivity contribution in [1.29, 1.82) is 0 Å². The third-order valence-corrected chi connectivity index (χ3v) is 7.03. The van der Waals surface area contributed by atoms with Gasteiger partial charge in [-0.3, -0.25) is 9.10 Å². The molecule has 34 heavy (non-hydrogen) atoms. The zero-order valence-corrected chi connectivity index (χ0v) is 20.3. The highest BCUT2D eigenvalue weighted by molar-refractivity contribution is 7.92. The predicted molar refractivity (Wildman–Crippen MR) is 131 cm³/mol. The Morgan fingerprint density at radius 1 is 1.03 bits per heavy atom. The summed E-state index contributed by atoms with van der Waals surface area (Å²) in [7, 11) is -4.09. The monoisotopic (exact) mass is 504 g/mol. The number of carbonyl (C=O) groups excluding carboxylic acids is 1. The Balaban J connectivity index is 1.76. The Kier molecular flexibility index (Phi) is 8.90. The van der Waals surface area contributed by atoms with Gasteiger partial charge in [0, 0.05) is 11.6 Å². The van der Waals surface area contributed by atoms with Crippen molar-refractivity contribution in [2.45, 2.75) is 24.7 Å². The Hall–Kier alpha value is -3.10. The van der Waals surface area contributed by atoms with Crippen LogP contribution in [0.2, 0.25) is 5.02 Å². The summed E-state index contributed by atoms with van der Waals surface area (Å²) in [5.74, 6) is -0.402. The lowest BCUT2D eigenvalue weighted by Gasteiger charge is -2.26. The van der Waals surface area contributed by atoms with Crippen molar-refractivity contribution < 1.29 is 22.3 Å². The minimum absolute atomic E-state index is 0.00677. The quantitative estimate of drug-likeness (QED) is 0.380. The summed E-state index contributed by atoms with van der Waals surface area (Å²) in [6.07, 6.45) is 1.28.